The molecule has 3 nitrogen and oxygen atoms in total. The number of para-hydroxylation sites is 1. The molecule has 2 heterocycles. The molecular formula is C15H16N2O. The van der Waals surface area contributed by atoms with Gasteiger partial charge in [0.1, 0.15) is 5.76 Å². The Hall–Kier alpha value is -2.00. The van der Waals surface area contributed by atoms with Gasteiger partial charge in [0.25, 0.3) is 0 Å². The Morgan fingerprint density at radius 2 is 2.17 bits per heavy atom. The van der Waals surface area contributed by atoms with Crippen LogP contribution in [0.2, 0.25) is 0 Å². The van der Waals surface area contributed by atoms with Gasteiger partial charge in [-0.2, -0.15) is 0 Å². The second-order valence-corrected chi connectivity index (χ2v) is 4.48. The number of fused-ring (bicyclic) bond motifs is 1. The molecule has 3 rings (SSSR count). The second-order valence-electron chi connectivity index (χ2n) is 4.48. The predicted molar refractivity (Wildman–Crippen MR) is 72.3 cm³/mol. The monoisotopic (exact) mass is 240 g/mol. The Morgan fingerprint density at radius 1 is 1.22 bits per heavy atom. The molecular weight excluding hydrogens is 224 g/mol. The highest BCUT2D eigenvalue weighted by molar-refractivity contribution is 5.82. The van der Waals surface area contributed by atoms with E-state index in [0.717, 1.165) is 12.3 Å². The summed E-state index contributed by atoms with van der Waals surface area (Å²) in [6.07, 6.45) is 3.68. The lowest BCUT2D eigenvalue weighted by Crippen LogP contribution is -2.17. The van der Waals surface area contributed by atoms with Crippen molar-refractivity contribution in [2.75, 3.05) is 0 Å². The van der Waals surface area contributed by atoms with Gasteiger partial charge in [-0.3, -0.25) is 0 Å². The van der Waals surface area contributed by atoms with E-state index in [4.69, 9.17) is 4.42 Å². The van der Waals surface area contributed by atoms with Crippen molar-refractivity contribution in [3.05, 3.63) is 60.2 Å². The standard InChI is InChI=1S/C15H16N2O/c1-11(14-6-3-9-18-14)17-10-13-5-2-4-12-7-8-16-15(12)13/h2-9,11,16-17H,10H2,1H3/t11-/m1/s1. The first kappa shape index (κ1) is 11.1. The lowest BCUT2D eigenvalue weighted by Gasteiger charge is -2.11. The van der Waals surface area contributed by atoms with Crippen LogP contribution in [0.4, 0.5) is 0 Å². The molecule has 1 aromatic carbocycles. The molecule has 92 valence electrons. The van der Waals surface area contributed by atoms with E-state index in [2.05, 4.69) is 41.5 Å². The van der Waals surface area contributed by atoms with Gasteiger partial charge in [-0.15, -0.1) is 0 Å². The van der Waals surface area contributed by atoms with Crippen molar-refractivity contribution < 1.29 is 4.42 Å². The van der Waals surface area contributed by atoms with Crippen molar-refractivity contribution in [3.8, 4) is 0 Å². The largest absolute Gasteiger partial charge is 0.468 e. The first-order chi connectivity index (χ1) is 8.84. The van der Waals surface area contributed by atoms with Crippen molar-refractivity contribution in [2.45, 2.75) is 19.5 Å². The summed E-state index contributed by atoms with van der Waals surface area (Å²) in [5, 5.41) is 4.72. The Balaban J connectivity index is 1.75. The number of nitrogens with one attached hydrogen (secondary N) is 2. The van der Waals surface area contributed by atoms with E-state index in [-0.39, 0.29) is 6.04 Å². The molecule has 0 fully saturated rings. The number of furan rings is 1. The Bertz CT molecular complexity index is 625. The highest BCUT2D eigenvalue weighted by Crippen LogP contribution is 2.18. The van der Waals surface area contributed by atoms with Crippen molar-refractivity contribution in [1.29, 1.82) is 0 Å². The summed E-state index contributed by atoms with van der Waals surface area (Å²) >= 11 is 0. The SMILES string of the molecule is C[C@@H](NCc1cccc2cc[nH]c12)c1ccco1. The average Bonchev–Trinajstić information content (AvgIpc) is 3.05. The van der Waals surface area contributed by atoms with Crippen LogP contribution in [0.15, 0.2) is 53.3 Å². The summed E-state index contributed by atoms with van der Waals surface area (Å²) in [5.74, 6) is 0.966. The van der Waals surface area contributed by atoms with Gasteiger partial charge in [-0.1, -0.05) is 18.2 Å². The maximum atomic E-state index is 5.39. The van der Waals surface area contributed by atoms with E-state index in [1.807, 2.05) is 18.3 Å². The molecule has 0 aliphatic carbocycles. The first-order valence-electron chi connectivity index (χ1n) is 6.16. The Morgan fingerprint density at radius 3 is 3.00 bits per heavy atom. The molecule has 3 heteroatoms. The molecule has 0 amide bonds. The van der Waals surface area contributed by atoms with Crippen molar-refractivity contribution in [3.63, 3.8) is 0 Å². The van der Waals surface area contributed by atoms with Crippen LogP contribution in [0.25, 0.3) is 10.9 Å². The van der Waals surface area contributed by atoms with E-state index in [1.54, 1.807) is 6.26 Å². The van der Waals surface area contributed by atoms with E-state index < -0.39 is 0 Å². The number of aromatic nitrogens is 1. The number of hydrogen-bond acceptors (Lipinski definition) is 2. The number of benzene rings is 1. The van der Waals surface area contributed by atoms with Crippen LogP contribution >= 0.6 is 0 Å². The summed E-state index contributed by atoms with van der Waals surface area (Å²) in [4.78, 5) is 3.28. The van der Waals surface area contributed by atoms with Crippen molar-refractivity contribution >= 4 is 10.9 Å². The quantitative estimate of drug-likeness (QED) is 0.731. The minimum atomic E-state index is 0.213. The summed E-state index contributed by atoms with van der Waals surface area (Å²) in [6, 6.07) is 12.6. The first-order valence-corrected chi connectivity index (χ1v) is 6.16. The lowest BCUT2D eigenvalue weighted by atomic mass is 10.1. The average molecular weight is 240 g/mol. The van der Waals surface area contributed by atoms with Crippen LogP contribution in [0, 0.1) is 0 Å². The summed E-state index contributed by atoms with van der Waals surface area (Å²) in [6.45, 7) is 2.92. The molecule has 0 saturated carbocycles. The second kappa shape index (κ2) is 4.70. The van der Waals surface area contributed by atoms with Gasteiger partial charge in [-0.25, -0.2) is 0 Å². The third-order valence-electron chi connectivity index (χ3n) is 3.24. The molecule has 2 aromatic heterocycles. The zero-order valence-corrected chi connectivity index (χ0v) is 10.3. The molecule has 0 saturated heterocycles. The van der Waals surface area contributed by atoms with E-state index in [1.165, 1.54) is 16.5 Å². The van der Waals surface area contributed by atoms with Gasteiger partial charge in [0.05, 0.1) is 12.3 Å². The molecule has 0 radical (unpaired) electrons. The highest BCUT2D eigenvalue weighted by atomic mass is 16.3. The fraction of sp³-hybridized carbons (Fsp3) is 0.200. The number of hydrogen-bond donors (Lipinski definition) is 2. The van der Waals surface area contributed by atoms with Gasteiger partial charge in [-0.05, 0) is 36.1 Å². The summed E-state index contributed by atoms with van der Waals surface area (Å²) in [5.41, 5.74) is 2.48. The lowest BCUT2D eigenvalue weighted by molar-refractivity contribution is 0.430. The minimum absolute atomic E-state index is 0.213. The predicted octanol–water partition coefficient (Wildman–Crippen LogP) is 3.61. The van der Waals surface area contributed by atoms with Gasteiger partial charge in [0, 0.05) is 18.3 Å². The number of H-pyrrole nitrogens is 1. The fourth-order valence-electron chi connectivity index (χ4n) is 2.20. The molecule has 2 N–H and O–H groups in total. The molecule has 3 aromatic rings. The van der Waals surface area contributed by atoms with Crippen molar-refractivity contribution in [2.24, 2.45) is 0 Å². The van der Waals surface area contributed by atoms with Gasteiger partial charge < -0.3 is 14.7 Å². The van der Waals surface area contributed by atoms with E-state index >= 15 is 0 Å². The van der Waals surface area contributed by atoms with Crippen LogP contribution in [-0.4, -0.2) is 4.98 Å². The number of aromatic amines is 1. The molecule has 1 atom stereocenters. The summed E-state index contributed by atoms with van der Waals surface area (Å²) < 4.78 is 5.39. The Kier molecular flexibility index (Phi) is 2.90. The van der Waals surface area contributed by atoms with E-state index in [0.29, 0.717) is 0 Å². The maximum Gasteiger partial charge on any atom is 0.120 e. The minimum Gasteiger partial charge on any atom is -0.468 e. The maximum absolute atomic E-state index is 5.39. The third kappa shape index (κ3) is 2.05. The smallest absolute Gasteiger partial charge is 0.120 e. The Labute approximate surface area is 106 Å². The molecule has 0 aliphatic heterocycles. The molecule has 0 unspecified atom stereocenters. The summed E-state index contributed by atoms with van der Waals surface area (Å²) in [7, 11) is 0. The molecule has 0 aliphatic rings. The van der Waals surface area contributed by atoms with Gasteiger partial charge in [0.15, 0.2) is 0 Å². The molecule has 18 heavy (non-hydrogen) atoms. The van der Waals surface area contributed by atoms with Crippen LogP contribution in [0.5, 0.6) is 0 Å². The normalized spacial score (nSPS) is 12.9. The molecule has 0 spiro atoms. The highest BCUT2D eigenvalue weighted by Gasteiger charge is 2.08. The fourth-order valence-corrected chi connectivity index (χ4v) is 2.20. The van der Waals surface area contributed by atoms with Crippen LogP contribution in [-0.2, 0) is 6.54 Å². The van der Waals surface area contributed by atoms with Gasteiger partial charge in [0.2, 0.25) is 0 Å². The van der Waals surface area contributed by atoms with E-state index in [9.17, 15) is 0 Å². The third-order valence-corrected chi connectivity index (χ3v) is 3.24. The zero-order valence-electron chi connectivity index (χ0n) is 10.3. The topological polar surface area (TPSA) is 41.0 Å². The molecule has 0 bridgehead atoms. The van der Waals surface area contributed by atoms with Crippen LogP contribution in [0.1, 0.15) is 24.3 Å². The zero-order chi connectivity index (χ0) is 12.4. The van der Waals surface area contributed by atoms with Crippen molar-refractivity contribution in [1.82, 2.24) is 10.3 Å². The number of rotatable bonds is 4. The van der Waals surface area contributed by atoms with Crippen LogP contribution < -0.4 is 5.32 Å². The van der Waals surface area contributed by atoms with Crippen LogP contribution in [0.3, 0.4) is 0 Å². The van der Waals surface area contributed by atoms with Gasteiger partial charge >= 0.3 is 0 Å².